The summed E-state index contributed by atoms with van der Waals surface area (Å²) in [6.45, 7) is 0.677. The van der Waals surface area contributed by atoms with Gasteiger partial charge in [0.1, 0.15) is 5.15 Å². The molecule has 1 heterocycles. The van der Waals surface area contributed by atoms with Crippen LogP contribution in [0.5, 0.6) is 0 Å². The largest absolute Gasteiger partial charge is 0.330 e. The summed E-state index contributed by atoms with van der Waals surface area (Å²) in [6, 6.07) is 10.3. The highest BCUT2D eigenvalue weighted by atomic mass is 35.5. The molecule has 0 amide bonds. The standard InChI is InChI=1S/C14H18ClN3S/c1-18-14(15)12(8-5-9-16)13(17-18)10-19-11-6-3-2-4-7-11/h2-4,6-7H,5,8-10,16H2,1H3. The van der Waals surface area contributed by atoms with Crippen molar-refractivity contribution in [1.82, 2.24) is 9.78 Å². The van der Waals surface area contributed by atoms with Gasteiger partial charge in [-0.1, -0.05) is 29.8 Å². The van der Waals surface area contributed by atoms with Crippen molar-refractivity contribution in [2.45, 2.75) is 23.5 Å². The number of aromatic nitrogens is 2. The second kappa shape index (κ2) is 6.98. The number of benzene rings is 1. The van der Waals surface area contributed by atoms with Crippen molar-refractivity contribution in [3.8, 4) is 0 Å². The Hall–Kier alpha value is -0.970. The molecule has 0 unspecified atom stereocenters. The van der Waals surface area contributed by atoms with Gasteiger partial charge in [0.15, 0.2) is 0 Å². The number of rotatable bonds is 6. The molecule has 5 heteroatoms. The van der Waals surface area contributed by atoms with Crippen LogP contribution in [0.25, 0.3) is 0 Å². The molecule has 0 saturated carbocycles. The van der Waals surface area contributed by atoms with Gasteiger partial charge in [-0.2, -0.15) is 5.10 Å². The number of nitrogens with zero attached hydrogens (tertiary/aromatic N) is 2. The van der Waals surface area contributed by atoms with E-state index in [0.717, 1.165) is 35.0 Å². The number of hydrogen-bond acceptors (Lipinski definition) is 3. The Labute approximate surface area is 123 Å². The highest BCUT2D eigenvalue weighted by molar-refractivity contribution is 7.98. The predicted octanol–water partition coefficient (Wildman–Crippen LogP) is 3.26. The first-order valence-electron chi connectivity index (χ1n) is 6.30. The van der Waals surface area contributed by atoms with Gasteiger partial charge >= 0.3 is 0 Å². The monoisotopic (exact) mass is 295 g/mol. The molecule has 0 fully saturated rings. The molecule has 0 aliphatic rings. The molecule has 1 aromatic carbocycles. The van der Waals surface area contributed by atoms with Crippen molar-refractivity contribution in [2.75, 3.05) is 6.54 Å². The van der Waals surface area contributed by atoms with Crippen LogP contribution in [0.15, 0.2) is 35.2 Å². The van der Waals surface area contributed by atoms with Crippen molar-refractivity contribution in [3.63, 3.8) is 0 Å². The second-order valence-electron chi connectivity index (χ2n) is 4.33. The van der Waals surface area contributed by atoms with Crippen LogP contribution >= 0.6 is 23.4 Å². The van der Waals surface area contributed by atoms with Gasteiger partial charge in [0, 0.05) is 23.3 Å². The SMILES string of the molecule is Cn1nc(CSc2ccccc2)c(CCCN)c1Cl. The quantitative estimate of drug-likeness (QED) is 0.832. The number of halogens is 1. The van der Waals surface area contributed by atoms with Crippen LogP contribution in [0, 0.1) is 0 Å². The Morgan fingerprint density at radius 1 is 1.32 bits per heavy atom. The maximum atomic E-state index is 6.28. The molecule has 1 aromatic heterocycles. The van der Waals surface area contributed by atoms with E-state index < -0.39 is 0 Å². The Kier molecular flexibility index (Phi) is 5.31. The maximum Gasteiger partial charge on any atom is 0.130 e. The average Bonchev–Trinajstić information content (AvgIpc) is 2.71. The molecule has 0 aliphatic carbocycles. The normalized spacial score (nSPS) is 10.9. The van der Waals surface area contributed by atoms with Gasteiger partial charge in [0.2, 0.25) is 0 Å². The molecule has 19 heavy (non-hydrogen) atoms. The van der Waals surface area contributed by atoms with Crippen molar-refractivity contribution < 1.29 is 0 Å². The zero-order valence-corrected chi connectivity index (χ0v) is 12.5. The van der Waals surface area contributed by atoms with Gasteiger partial charge in [-0.05, 0) is 31.5 Å². The molecule has 2 rings (SSSR count). The fourth-order valence-corrected chi connectivity index (χ4v) is 3.04. The molecule has 0 atom stereocenters. The van der Waals surface area contributed by atoms with E-state index >= 15 is 0 Å². The molecule has 0 bridgehead atoms. The zero-order valence-electron chi connectivity index (χ0n) is 11.0. The highest BCUT2D eigenvalue weighted by Gasteiger charge is 2.14. The first-order chi connectivity index (χ1) is 9.22. The fourth-order valence-electron chi connectivity index (χ4n) is 1.91. The van der Waals surface area contributed by atoms with Gasteiger partial charge in [-0.3, -0.25) is 4.68 Å². The van der Waals surface area contributed by atoms with Gasteiger partial charge in [-0.25, -0.2) is 0 Å². The van der Waals surface area contributed by atoms with Crippen LogP contribution < -0.4 is 5.73 Å². The van der Waals surface area contributed by atoms with E-state index in [-0.39, 0.29) is 0 Å². The third-order valence-corrected chi connectivity index (χ3v) is 4.40. The Balaban J connectivity index is 2.09. The van der Waals surface area contributed by atoms with Crippen LogP contribution in [0.3, 0.4) is 0 Å². The topological polar surface area (TPSA) is 43.8 Å². The van der Waals surface area contributed by atoms with Crippen molar-refractivity contribution in [1.29, 1.82) is 0 Å². The molecule has 102 valence electrons. The molecular weight excluding hydrogens is 278 g/mol. The van der Waals surface area contributed by atoms with E-state index in [0.29, 0.717) is 6.54 Å². The fraction of sp³-hybridized carbons (Fsp3) is 0.357. The third-order valence-electron chi connectivity index (χ3n) is 2.90. The molecule has 2 N–H and O–H groups in total. The molecule has 0 saturated heterocycles. The number of thioether (sulfide) groups is 1. The van der Waals surface area contributed by atoms with Crippen LogP contribution in [0.1, 0.15) is 17.7 Å². The van der Waals surface area contributed by atoms with Gasteiger partial charge < -0.3 is 5.73 Å². The smallest absolute Gasteiger partial charge is 0.130 e. The zero-order chi connectivity index (χ0) is 13.7. The number of aryl methyl sites for hydroxylation is 1. The lowest BCUT2D eigenvalue weighted by Crippen LogP contribution is -2.01. The Bertz CT molecular complexity index is 525. The lowest BCUT2D eigenvalue weighted by atomic mass is 10.1. The summed E-state index contributed by atoms with van der Waals surface area (Å²) in [6.07, 6.45) is 1.84. The van der Waals surface area contributed by atoms with Gasteiger partial charge in [0.25, 0.3) is 0 Å². The number of nitrogens with two attached hydrogens (primary N) is 1. The van der Waals surface area contributed by atoms with Crippen molar-refractivity contribution in [2.24, 2.45) is 12.8 Å². The summed E-state index contributed by atoms with van der Waals surface area (Å²) in [4.78, 5) is 1.24. The maximum absolute atomic E-state index is 6.28. The highest BCUT2D eigenvalue weighted by Crippen LogP contribution is 2.27. The molecule has 3 nitrogen and oxygen atoms in total. The van der Waals surface area contributed by atoms with Crippen LogP contribution in [0.4, 0.5) is 0 Å². The summed E-state index contributed by atoms with van der Waals surface area (Å²) in [5.74, 6) is 0.838. The van der Waals surface area contributed by atoms with Crippen molar-refractivity contribution in [3.05, 3.63) is 46.7 Å². The number of hydrogen-bond donors (Lipinski definition) is 1. The molecular formula is C14H18ClN3S. The van der Waals surface area contributed by atoms with E-state index in [9.17, 15) is 0 Å². The summed E-state index contributed by atoms with van der Waals surface area (Å²) < 4.78 is 1.74. The lowest BCUT2D eigenvalue weighted by Gasteiger charge is -2.02. The van der Waals surface area contributed by atoms with Crippen LogP contribution in [-0.2, 0) is 19.2 Å². The van der Waals surface area contributed by atoms with E-state index in [4.69, 9.17) is 17.3 Å². The Morgan fingerprint density at radius 2 is 2.05 bits per heavy atom. The van der Waals surface area contributed by atoms with Gasteiger partial charge in [0.05, 0.1) is 5.69 Å². The molecule has 0 aliphatic heterocycles. The summed E-state index contributed by atoms with van der Waals surface area (Å²) in [5, 5.41) is 5.23. The first-order valence-corrected chi connectivity index (χ1v) is 7.67. The minimum atomic E-state index is 0.677. The summed E-state index contributed by atoms with van der Waals surface area (Å²) in [7, 11) is 1.88. The van der Waals surface area contributed by atoms with E-state index in [1.54, 1.807) is 16.4 Å². The van der Waals surface area contributed by atoms with Crippen LogP contribution in [0.2, 0.25) is 5.15 Å². The molecule has 0 spiro atoms. The minimum absolute atomic E-state index is 0.677. The van der Waals surface area contributed by atoms with E-state index in [1.807, 2.05) is 25.2 Å². The van der Waals surface area contributed by atoms with E-state index in [2.05, 4.69) is 17.2 Å². The molecule has 2 aromatic rings. The Morgan fingerprint density at radius 3 is 2.74 bits per heavy atom. The third kappa shape index (κ3) is 3.75. The van der Waals surface area contributed by atoms with E-state index in [1.165, 1.54) is 4.90 Å². The first kappa shape index (κ1) is 14.4. The average molecular weight is 296 g/mol. The lowest BCUT2D eigenvalue weighted by molar-refractivity contribution is 0.755. The molecule has 0 radical (unpaired) electrons. The summed E-state index contributed by atoms with van der Waals surface area (Å²) >= 11 is 8.06. The second-order valence-corrected chi connectivity index (χ2v) is 5.74. The van der Waals surface area contributed by atoms with Crippen LogP contribution in [-0.4, -0.2) is 16.3 Å². The summed E-state index contributed by atoms with van der Waals surface area (Å²) in [5.41, 5.74) is 7.77. The van der Waals surface area contributed by atoms with Crippen molar-refractivity contribution >= 4 is 23.4 Å². The predicted molar refractivity (Wildman–Crippen MR) is 81.6 cm³/mol. The minimum Gasteiger partial charge on any atom is -0.330 e. The van der Waals surface area contributed by atoms with Gasteiger partial charge in [-0.15, -0.1) is 11.8 Å².